The topological polar surface area (TPSA) is 118 Å². The van der Waals surface area contributed by atoms with Gasteiger partial charge in [0.1, 0.15) is 23.6 Å². The molecule has 0 bridgehead atoms. The van der Waals surface area contributed by atoms with Crippen molar-refractivity contribution in [2.24, 2.45) is 0 Å². The smallest absolute Gasteiger partial charge is 0.324 e. The molecular weight excluding hydrogens is 460 g/mol. The maximum absolute atomic E-state index is 14.8. The van der Waals surface area contributed by atoms with Gasteiger partial charge in [0.05, 0.1) is 24.5 Å². The van der Waals surface area contributed by atoms with E-state index in [9.17, 15) is 18.7 Å². The Kier molecular flexibility index (Phi) is 5.68. The van der Waals surface area contributed by atoms with Crippen LogP contribution in [-0.2, 0) is 12.1 Å². The summed E-state index contributed by atoms with van der Waals surface area (Å²) in [6.07, 6.45) is 4.40. The van der Waals surface area contributed by atoms with Crippen LogP contribution in [-0.4, -0.2) is 70.4 Å². The summed E-state index contributed by atoms with van der Waals surface area (Å²) in [5.41, 5.74) is -0.681. The van der Waals surface area contributed by atoms with Crippen LogP contribution >= 0.6 is 0 Å². The molecule has 5 rings (SSSR count). The minimum Gasteiger partial charge on any atom is -0.381 e. The Morgan fingerprint density at radius 2 is 1.83 bits per heavy atom. The van der Waals surface area contributed by atoms with Crippen LogP contribution in [0.25, 0.3) is 5.69 Å². The van der Waals surface area contributed by atoms with E-state index in [-0.39, 0.29) is 24.7 Å². The highest BCUT2D eigenvalue weighted by Crippen LogP contribution is 2.35. The molecule has 1 fully saturated rings. The van der Waals surface area contributed by atoms with Crippen LogP contribution in [0.2, 0.25) is 0 Å². The summed E-state index contributed by atoms with van der Waals surface area (Å²) < 4.78 is 31.3. The molecule has 0 spiro atoms. The molecule has 0 saturated carbocycles. The van der Waals surface area contributed by atoms with Crippen molar-refractivity contribution in [1.82, 2.24) is 40.1 Å². The van der Waals surface area contributed by atoms with Gasteiger partial charge in [0.15, 0.2) is 0 Å². The molecule has 1 aliphatic heterocycles. The van der Waals surface area contributed by atoms with Gasteiger partial charge >= 0.3 is 6.03 Å². The van der Waals surface area contributed by atoms with Gasteiger partial charge in [0, 0.05) is 36.6 Å². The zero-order chi connectivity index (χ0) is 24.6. The minimum atomic E-state index is -1.92. The molecule has 0 radical (unpaired) electrons. The fraction of sp³-hybridized carbons (Fsp3) is 0.273. The highest BCUT2D eigenvalue weighted by Gasteiger charge is 2.46. The number of hydrogen-bond acceptors (Lipinski definition) is 7. The van der Waals surface area contributed by atoms with E-state index in [2.05, 4.69) is 25.8 Å². The number of amides is 2. The van der Waals surface area contributed by atoms with Gasteiger partial charge in [-0.25, -0.2) is 22.9 Å². The predicted octanol–water partition coefficient (Wildman–Crippen LogP) is 1.75. The molecule has 2 atom stereocenters. The Morgan fingerprint density at radius 3 is 2.49 bits per heavy atom. The summed E-state index contributed by atoms with van der Waals surface area (Å²) in [6.45, 7) is 2.08. The summed E-state index contributed by atoms with van der Waals surface area (Å²) in [4.78, 5) is 16.4. The molecule has 13 heteroatoms. The molecule has 4 aromatic rings. The number of hydrogen-bond donors (Lipinski definition) is 1. The fourth-order valence-corrected chi connectivity index (χ4v) is 4.32. The van der Waals surface area contributed by atoms with Crippen molar-refractivity contribution in [3.63, 3.8) is 0 Å². The third kappa shape index (κ3) is 4.10. The number of aromatic nitrogens is 7. The summed E-state index contributed by atoms with van der Waals surface area (Å²) in [5, 5.41) is 30.4. The van der Waals surface area contributed by atoms with Gasteiger partial charge in [-0.2, -0.15) is 0 Å². The van der Waals surface area contributed by atoms with Crippen LogP contribution in [0.3, 0.4) is 0 Å². The van der Waals surface area contributed by atoms with Crippen molar-refractivity contribution >= 4 is 11.7 Å². The normalized spacial score (nSPS) is 16.5. The molecule has 2 aromatic heterocycles. The number of halogens is 2. The average molecular weight is 481 g/mol. The number of benzene rings is 2. The monoisotopic (exact) mass is 481 g/mol. The van der Waals surface area contributed by atoms with Crippen molar-refractivity contribution in [2.75, 3.05) is 18.0 Å². The number of nitrogens with zero attached hydrogens (tertiary/aromatic N) is 9. The quantitative estimate of drug-likeness (QED) is 0.427. The van der Waals surface area contributed by atoms with E-state index < -0.39 is 23.3 Å². The highest BCUT2D eigenvalue weighted by molar-refractivity contribution is 5.94. The maximum Gasteiger partial charge on any atom is 0.324 e. The Morgan fingerprint density at radius 1 is 1.06 bits per heavy atom. The maximum atomic E-state index is 14.8. The fourth-order valence-electron chi connectivity index (χ4n) is 4.32. The first-order valence-corrected chi connectivity index (χ1v) is 10.8. The van der Waals surface area contributed by atoms with Crippen LogP contribution in [0.4, 0.5) is 19.3 Å². The van der Waals surface area contributed by atoms with Gasteiger partial charge in [-0.1, -0.05) is 11.3 Å². The van der Waals surface area contributed by atoms with E-state index in [1.54, 1.807) is 36.1 Å². The summed E-state index contributed by atoms with van der Waals surface area (Å²) in [5.74, 6) is -1.68. The second-order valence-corrected chi connectivity index (χ2v) is 8.22. The molecular formula is C22H21F2N9O2. The van der Waals surface area contributed by atoms with E-state index in [1.165, 1.54) is 39.1 Å². The van der Waals surface area contributed by atoms with E-state index in [0.717, 1.165) is 11.8 Å². The standard InChI is InChI=1S/C22H21F2N9O2/c1-15(22(35,13-30-9-8-25-28-30)19-7-2-16(23)12-20(19)24)31-10-11-32(21(31)34)17-3-5-18(6-4-17)33-14-26-27-29-33/h2-9,12,14-15,35H,10-11,13H2,1H3. The summed E-state index contributed by atoms with van der Waals surface area (Å²) in [7, 11) is 0. The Balaban J connectivity index is 1.43. The van der Waals surface area contributed by atoms with Gasteiger partial charge in [0.2, 0.25) is 0 Å². The van der Waals surface area contributed by atoms with Gasteiger partial charge in [-0.3, -0.25) is 4.90 Å². The van der Waals surface area contributed by atoms with Crippen LogP contribution in [0.5, 0.6) is 0 Å². The van der Waals surface area contributed by atoms with Gasteiger partial charge in [0.25, 0.3) is 0 Å². The molecule has 1 aliphatic rings. The number of aliphatic hydroxyl groups is 1. The average Bonchev–Trinajstić information content (AvgIpc) is 3.61. The van der Waals surface area contributed by atoms with Crippen LogP contribution in [0.1, 0.15) is 12.5 Å². The van der Waals surface area contributed by atoms with Crippen molar-refractivity contribution < 1.29 is 18.7 Å². The Bertz CT molecular complexity index is 1320. The zero-order valence-corrected chi connectivity index (χ0v) is 18.6. The first-order valence-electron chi connectivity index (χ1n) is 10.8. The molecule has 0 aliphatic carbocycles. The zero-order valence-electron chi connectivity index (χ0n) is 18.6. The van der Waals surface area contributed by atoms with Gasteiger partial charge in [-0.05, 0) is 47.7 Å². The van der Waals surface area contributed by atoms with Gasteiger partial charge < -0.3 is 10.0 Å². The SMILES string of the molecule is CC(N1CCN(c2ccc(-n3cnnn3)cc2)C1=O)C(O)(Cn1ccnn1)c1ccc(F)cc1F. The molecule has 2 unspecified atom stereocenters. The van der Waals surface area contributed by atoms with Crippen molar-refractivity contribution in [2.45, 2.75) is 25.1 Å². The summed E-state index contributed by atoms with van der Waals surface area (Å²) >= 11 is 0. The molecule has 3 heterocycles. The third-order valence-electron chi connectivity index (χ3n) is 6.25. The number of rotatable bonds is 7. The number of anilines is 1. The molecule has 11 nitrogen and oxygen atoms in total. The molecule has 1 saturated heterocycles. The van der Waals surface area contributed by atoms with Crippen molar-refractivity contribution in [3.8, 4) is 5.69 Å². The minimum absolute atomic E-state index is 0.140. The van der Waals surface area contributed by atoms with Crippen LogP contribution < -0.4 is 4.90 Å². The third-order valence-corrected chi connectivity index (χ3v) is 6.25. The first kappa shape index (κ1) is 22.5. The van der Waals surface area contributed by atoms with Crippen LogP contribution in [0.15, 0.2) is 61.2 Å². The highest BCUT2D eigenvalue weighted by atomic mass is 19.1. The first-order chi connectivity index (χ1) is 16.9. The lowest BCUT2D eigenvalue weighted by Gasteiger charge is -2.39. The second kappa shape index (κ2) is 8.83. The van der Waals surface area contributed by atoms with Crippen LogP contribution in [0, 0.1) is 11.6 Å². The molecule has 2 amide bonds. The Hall–Kier alpha value is -4.26. The number of urea groups is 1. The molecule has 35 heavy (non-hydrogen) atoms. The number of carbonyl (C=O) groups is 1. The molecule has 1 N–H and O–H groups in total. The van der Waals surface area contributed by atoms with E-state index in [4.69, 9.17) is 0 Å². The summed E-state index contributed by atoms with van der Waals surface area (Å²) in [6, 6.07) is 8.82. The lowest BCUT2D eigenvalue weighted by atomic mass is 9.85. The van der Waals surface area contributed by atoms with Crippen molar-refractivity contribution in [3.05, 3.63) is 78.4 Å². The predicted molar refractivity (Wildman–Crippen MR) is 118 cm³/mol. The lowest BCUT2D eigenvalue weighted by Crippen LogP contribution is -2.53. The van der Waals surface area contributed by atoms with E-state index in [0.29, 0.717) is 18.3 Å². The van der Waals surface area contributed by atoms with E-state index >= 15 is 0 Å². The Labute approximate surface area is 198 Å². The number of carbonyl (C=O) groups excluding carboxylic acids is 1. The number of tetrazole rings is 1. The lowest BCUT2D eigenvalue weighted by molar-refractivity contribution is -0.0477. The molecule has 180 valence electrons. The van der Waals surface area contributed by atoms with Crippen molar-refractivity contribution in [1.29, 1.82) is 0 Å². The van der Waals surface area contributed by atoms with E-state index in [1.807, 2.05) is 0 Å². The second-order valence-electron chi connectivity index (χ2n) is 8.22. The molecule has 2 aromatic carbocycles. The largest absolute Gasteiger partial charge is 0.381 e. The van der Waals surface area contributed by atoms with Gasteiger partial charge in [-0.15, -0.1) is 10.2 Å².